The highest BCUT2D eigenvalue weighted by molar-refractivity contribution is 6.10. The summed E-state index contributed by atoms with van der Waals surface area (Å²) in [6, 6.07) is 11.6. The number of carbonyl (C=O) groups excluding carboxylic acids is 2. The Kier molecular flexibility index (Phi) is 8.60. The Labute approximate surface area is 165 Å². The van der Waals surface area contributed by atoms with Crippen molar-refractivity contribution < 1.29 is 14.0 Å². The maximum absolute atomic E-state index is 15.3. The Bertz CT molecular complexity index is 796. The summed E-state index contributed by atoms with van der Waals surface area (Å²) in [6.45, 7) is 5.48. The lowest BCUT2D eigenvalue weighted by molar-refractivity contribution is -0.118. The van der Waals surface area contributed by atoms with Crippen molar-refractivity contribution in [1.29, 1.82) is 0 Å². The number of carbonyl (C=O) groups is 2. The van der Waals surface area contributed by atoms with Gasteiger partial charge in [-0.15, -0.1) is 12.4 Å². The van der Waals surface area contributed by atoms with Gasteiger partial charge in [-0.05, 0) is 25.8 Å². The van der Waals surface area contributed by atoms with E-state index in [4.69, 9.17) is 5.73 Å². The number of nitrogens with one attached hydrogen (secondary N) is 1. The molecule has 0 fully saturated rings. The quantitative estimate of drug-likeness (QED) is 0.664. The third kappa shape index (κ3) is 5.62. The van der Waals surface area contributed by atoms with E-state index in [2.05, 4.69) is 5.32 Å². The van der Waals surface area contributed by atoms with Crippen LogP contribution in [0.1, 0.15) is 59.8 Å². The van der Waals surface area contributed by atoms with Gasteiger partial charge in [-0.1, -0.05) is 49.4 Å². The molecule has 0 aliphatic heterocycles. The maximum atomic E-state index is 15.3. The van der Waals surface area contributed by atoms with Gasteiger partial charge in [-0.25, -0.2) is 4.39 Å². The Balaban J connectivity index is 0.00000364. The van der Waals surface area contributed by atoms with Crippen molar-refractivity contribution in [3.63, 3.8) is 0 Å². The first-order valence-corrected chi connectivity index (χ1v) is 8.78. The largest absolute Gasteiger partial charge is 0.370 e. The molecule has 0 aliphatic carbocycles. The Morgan fingerprint density at radius 1 is 1.15 bits per heavy atom. The van der Waals surface area contributed by atoms with E-state index in [1.54, 1.807) is 43.3 Å². The minimum atomic E-state index is -0.510. The fourth-order valence-electron chi connectivity index (χ4n) is 3.10. The molecular formula is C21H26ClFN2O2. The summed E-state index contributed by atoms with van der Waals surface area (Å²) in [5, 5.41) is 3.23. The molecule has 0 spiro atoms. The summed E-state index contributed by atoms with van der Waals surface area (Å²) in [5.74, 6) is -1.25. The Hall–Kier alpha value is -2.24. The van der Waals surface area contributed by atoms with Gasteiger partial charge >= 0.3 is 0 Å². The van der Waals surface area contributed by atoms with Crippen LogP contribution in [0.3, 0.4) is 0 Å². The van der Waals surface area contributed by atoms with Crippen LogP contribution in [-0.2, 0) is 4.79 Å². The Morgan fingerprint density at radius 2 is 1.78 bits per heavy atom. The van der Waals surface area contributed by atoms with Crippen LogP contribution in [0.4, 0.5) is 4.39 Å². The second-order valence-corrected chi connectivity index (χ2v) is 6.55. The second-order valence-electron chi connectivity index (χ2n) is 6.55. The molecular weight excluding hydrogens is 367 g/mol. The van der Waals surface area contributed by atoms with Gasteiger partial charge in [0.15, 0.2) is 5.78 Å². The number of hydrogen-bond donors (Lipinski definition) is 2. The van der Waals surface area contributed by atoms with Gasteiger partial charge in [-0.2, -0.15) is 0 Å². The highest BCUT2D eigenvalue weighted by atomic mass is 35.5. The number of rotatable bonds is 8. The average molecular weight is 393 g/mol. The molecule has 3 N–H and O–H groups in total. The molecule has 0 bridgehead atoms. The molecule has 2 aromatic carbocycles. The highest BCUT2D eigenvalue weighted by Gasteiger charge is 2.24. The number of amides is 1. The van der Waals surface area contributed by atoms with Crippen molar-refractivity contribution >= 4 is 24.1 Å². The molecule has 0 unspecified atom stereocenters. The summed E-state index contributed by atoms with van der Waals surface area (Å²) in [7, 11) is 0. The van der Waals surface area contributed by atoms with Crippen molar-refractivity contribution in [1.82, 2.24) is 5.32 Å². The summed E-state index contributed by atoms with van der Waals surface area (Å²) in [5.41, 5.74) is 6.80. The summed E-state index contributed by atoms with van der Waals surface area (Å²) in [6.07, 6.45) is 0.780. The summed E-state index contributed by atoms with van der Waals surface area (Å²) < 4.78 is 15.3. The van der Waals surface area contributed by atoms with Gasteiger partial charge in [-0.3, -0.25) is 9.59 Å². The number of hydrogen-bond acceptors (Lipinski definition) is 3. The predicted octanol–water partition coefficient (Wildman–Crippen LogP) is 4.09. The molecule has 0 aromatic heterocycles. The third-order valence-electron chi connectivity index (χ3n) is 4.42. The fourth-order valence-corrected chi connectivity index (χ4v) is 3.10. The van der Waals surface area contributed by atoms with Gasteiger partial charge in [0.05, 0.1) is 5.56 Å². The van der Waals surface area contributed by atoms with E-state index in [9.17, 15) is 9.59 Å². The average Bonchev–Trinajstić information content (AvgIpc) is 2.60. The molecule has 0 saturated heterocycles. The maximum Gasteiger partial charge on any atom is 0.218 e. The van der Waals surface area contributed by atoms with Crippen molar-refractivity contribution in [2.75, 3.05) is 0 Å². The van der Waals surface area contributed by atoms with Gasteiger partial charge < -0.3 is 11.1 Å². The van der Waals surface area contributed by atoms with Crippen LogP contribution >= 0.6 is 12.4 Å². The lowest BCUT2D eigenvalue weighted by Gasteiger charge is -2.23. The van der Waals surface area contributed by atoms with Crippen LogP contribution in [0.15, 0.2) is 42.5 Å². The number of primary amides is 1. The van der Waals surface area contributed by atoms with Gasteiger partial charge in [0.25, 0.3) is 0 Å². The van der Waals surface area contributed by atoms with Crippen LogP contribution in [0.2, 0.25) is 0 Å². The van der Waals surface area contributed by atoms with Crippen LogP contribution in [-0.4, -0.2) is 17.7 Å². The first-order chi connectivity index (χ1) is 12.3. The molecule has 0 heterocycles. The van der Waals surface area contributed by atoms with Crippen molar-refractivity contribution in [2.45, 2.75) is 45.7 Å². The van der Waals surface area contributed by atoms with E-state index in [1.807, 2.05) is 19.9 Å². The predicted molar refractivity (Wildman–Crippen MR) is 108 cm³/mol. The van der Waals surface area contributed by atoms with E-state index in [-0.39, 0.29) is 42.3 Å². The molecule has 2 rings (SSSR count). The van der Waals surface area contributed by atoms with E-state index in [1.165, 1.54) is 0 Å². The molecule has 2 atom stereocenters. The lowest BCUT2D eigenvalue weighted by atomic mass is 9.92. The van der Waals surface area contributed by atoms with Crippen LogP contribution in [0, 0.1) is 12.7 Å². The molecule has 1 amide bonds. The molecule has 2 aromatic rings. The Morgan fingerprint density at radius 3 is 2.33 bits per heavy atom. The minimum Gasteiger partial charge on any atom is -0.370 e. The first-order valence-electron chi connectivity index (χ1n) is 8.78. The minimum absolute atomic E-state index is 0. The smallest absolute Gasteiger partial charge is 0.218 e. The number of halogens is 2. The molecule has 146 valence electrons. The number of benzene rings is 2. The standard InChI is InChI=1S/C21H25FN2O2.ClH/c1-4-17(24-14(3)12-18(23)25)16-11-10-13(2)19(20(16)22)21(26)15-8-6-5-7-9-15;/h5-11,14,17,24H,4,12H2,1-3H3,(H2,23,25);1H/t14-,17-;/m1./s1. The fraction of sp³-hybridized carbons (Fsp3) is 0.333. The van der Waals surface area contributed by atoms with Gasteiger partial charge in [0.2, 0.25) is 5.91 Å². The molecule has 0 radical (unpaired) electrons. The van der Waals surface area contributed by atoms with E-state index in [0.717, 1.165) is 0 Å². The van der Waals surface area contributed by atoms with Gasteiger partial charge in [0, 0.05) is 29.6 Å². The van der Waals surface area contributed by atoms with E-state index < -0.39 is 11.7 Å². The van der Waals surface area contributed by atoms with E-state index in [0.29, 0.717) is 23.1 Å². The van der Waals surface area contributed by atoms with Crippen LogP contribution < -0.4 is 11.1 Å². The van der Waals surface area contributed by atoms with Crippen LogP contribution in [0.25, 0.3) is 0 Å². The molecule has 0 saturated carbocycles. The normalized spacial score (nSPS) is 12.7. The van der Waals surface area contributed by atoms with Crippen molar-refractivity contribution in [3.8, 4) is 0 Å². The van der Waals surface area contributed by atoms with Gasteiger partial charge in [0.1, 0.15) is 5.82 Å². The zero-order chi connectivity index (χ0) is 19.3. The lowest BCUT2D eigenvalue weighted by Crippen LogP contribution is -2.34. The number of ketones is 1. The highest BCUT2D eigenvalue weighted by Crippen LogP contribution is 2.27. The first kappa shape index (κ1) is 22.8. The number of aryl methyl sites for hydroxylation is 1. The molecule has 27 heavy (non-hydrogen) atoms. The molecule has 6 heteroatoms. The molecule has 4 nitrogen and oxygen atoms in total. The summed E-state index contributed by atoms with van der Waals surface area (Å²) in [4.78, 5) is 23.9. The monoisotopic (exact) mass is 392 g/mol. The zero-order valence-corrected chi connectivity index (χ0v) is 16.6. The van der Waals surface area contributed by atoms with Crippen molar-refractivity contribution in [3.05, 3.63) is 70.5 Å². The topological polar surface area (TPSA) is 72.2 Å². The van der Waals surface area contributed by atoms with Crippen LogP contribution in [0.5, 0.6) is 0 Å². The SMILES string of the molecule is CC[C@@H](N[C@H](C)CC(N)=O)c1ccc(C)c(C(=O)c2ccccc2)c1F.Cl. The third-order valence-corrected chi connectivity index (χ3v) is 4.42. The van der Waals surface area contributed by atoms with E-state index >= 15 is 4.39 Å². The zero-order valence-electron chi connectivity index (χ0n) is 15.8. The summed E-state index contributed by atoms with van der Waals surface area (Å²) >= 11 is 0. The number of nitrogens with two attached hydrogens (primary N) is 1. The molecule has 0 aliphatic rings. The second kappa shape index (κ2) is 10.2. The van der Waals surface area contributed by atoms with Crippen molar-refractivity contribution in [2.24, 2.45) is 5.73 Å².